The van der Waals surface area contributed by atoms with Gasteiger partial charge >= 0.3 is 5.97 Å². The van der Waals surface area contributed by atoms with Gasteiger partial charge in [0.05, 0.1) is 29.0 Å². The highest BCUT2D eigenvalue weighted by molar-refractivity contribution is 7.93. The summed E-state index contributed by atoms with van der Waals surface area (Å²) in [6, 6.07) is 2.97. The van der Waals surface area contributed by atoms with Gasteiger partial charge in [-0.05, 0) is 69.2 Å². The van der Waals surface area contributed by atoms with Crippen LogP contribution in [0.2, 0.25) is 0 Å². The Morgan fingerprint density at radius 2 is 1.77 bits per heavy atom. The Bertz CT molecular complexity index is 1230. The second-order valence-corrected chi connectivity index (χ2v) is 12.0. The molecule has 0 amide bonds. The van der Waals surface area contributed by atoms with E-state index in [1.165, 1.54) is 17.4 Å². The number of carbonyl (C=O) groups excluding carboxylic acids is 1. The molecule has 0 fully saturated rings. The molecular formula is C20H26N2O6S3. The van der Waals surface area contributed by atoms with E-state index in [2.05, 4.69) is 9.44 Å². The molecule has 1 aromatic heterocycles. The molecule has 0 saturated heterocycles. The van der Waals surface area contributed by atoms with Gasteiger partial charge in [0.1, 0.15) is 5.00 Å². The first kappa shape index (κ1) is 23.6. The Hall–Kier alpha value is -2.11. The van der Waals surface area contributed by atoms with Crippen LogP contribution in [0.4, 0.5) is 10.7 Å². The van der Waals surface area contributed by atoms with E-state index >= 15 is 0 Å². The summed E-state index contributed by atoms with van der Waals surface area (Å²) < 4.78 is 60.1. The molecule has 1 heterocycles. The molecule has 0 bridgehead atoms. The SMILES string of the molecule is CCOC(=O)c1c(NS(=O)(=O)c2ccc(C)c(NS(C)(=O)=O)c2C)sc2c1CCCC2. The van der Waals surface area contributed by atoms with Gasteiger partial charge in [-0.25, -0.2) is 21.6 Å². The van der Waals surface area contributed by atoms with Crippen LogP contribution in [0, 0.1) is 13.8 Å². The molecule has 1 aromatic carbocycles. The number of nitrogens with one attached hydrogen (secondary N) is 2. The number of aryl methyl sites for hydroxylation is 2. The van der Waals surface area contributed by atoms with Gasteiger partial charge in [0, 0.05) is 4.88 Å². The van der Waals surface area contributed by atoms with Gasteiger partial charge in [-0.2, -0.15) is 0 Å². The number of thiophene rings is 1. The van der Waals surface area contributed by atoms with Gasteiger partial charge < -0.3 is 4.74 Å². The van der Waals surface area contributed by atoms with Gasteiger partial charge in [0.2, 0.25) is 10.0 Å². The second-order valence-electron chi connectivity index (χ2n) is 7.50. The van der Waals surface area contributed by atoms with Crippen LogP contribution in [0.15, 0.2) is 17.0 Å². The molecule has 3 rings (SSSR count). The van der Waals surface area contributed by atoms with Crippen molar-refractivity contribution in [2.45, 2.75) is 51.3 Å². The molecule has 0 saturated carbocycles. The molecule has 0 spiro atoms. The lowest BCUT2D eigenvalue weighted by Crippen LogP contribution is -2.19. The summed E-state index contributed by atoms with van der Waals surface area (Å²) in [5.74, 6) is -0.542. The van der Waals surface area contributed by atoms with E-state index in [1.54, 1.807) is 26.8 Å². The zero-order chi connectivity index (χ0) is 23.0. The molecule has 0 radical (unpaired) electrons. The number of benzene rings is 1. The average molecular weight is 487 g/mol. The van der Waals surface area contributed by atoms with Crippen molar-refractivity contribution in [3.8, 4) is 0 Å². The Labute approximate surface area is 187 Å². The van der Waals surface area contributed by atoms with Gasteiger partial charge in [-0.3, -0.25) is 9.44 Å². The minimum absolute atomic E-state index is 0.0644. The number of hydrogen-bond acceptors (Lipinski definition) is 7. The fourth-order valence-electron chi connectivity index (χ4n) is 3.70. The van der Waals surface area contributed by atoms with Crippen molar-refractivity contribution >= 4 is 48.0 Å². The summed E-state index contributed by atoms with van der Waals surface area (Å²) in [7, 11) is -7.69. The molecule has 0 atom stereocenters. The van der Waals surface area contributed by atoms with E-state index < -0.39 is 26.0 Å². The summed E-state index contributed by atoms with van der Waals surface area (Å²) in [5.41, 5.74) is 2.23. The summed E-state index contributed by atoms with van der Waals surface area (Å²) in [5, 5.41) is 0.239. The lowest BCUT2D eigenvalue weighted by Gasteiger charge is -2.16. The van der Waals surface area contributed by atoms with Crippen molar-refractivity contribution in [2.75, 3.05) is 22.3 Å². The molecule has 2 N–H and O–H groups in total. The van der Waals surface area contributed by atoms with Crippen LogP contribution < -0.4 is 9.44 Å². The fraction of sp³-hybridized carbons (Fsp3) is 0.450. The molecule has 2 aromatic rings. The highest BCUT2D eigenvalue weighted by atomic mass is 32.2. The standard InChI is InChI=1S/C20H26N2O6S3/c1-5-28-20(23)17-14-8-6-7-9-15(14)29-19(17)22-31(26,27)16-11-10-12(2)18(13(16)3)21-30(4,24)25/h10-11,21-22H,5-9H2,1-4H3. The number of sulfonamides is 2. The maximum absolute atomic E-state index is 13.3. The first-order valence-electron chi connectivity index (χ1n) is 9.87. The zero-order valence-corrected chi connectivity index (χ0v) is 20.3. The Morgan fingerprint density at radius 3 is 2.42 bits per heavy atom. The lowest BCUT2D eigenvalue weighted by molar-refractivity contribution is 0.0526. The van der Waals surface area contributed by atoms with Crippen LogP contribution in [0.1, 0.15) is 51.7 Å². The first-order valence-corrected chi connectivity index (χ1v) is 14.1. The van der Waals surface area contributed by atoms with Crippen LogP contribution in [0.3, 0.4) is 0 Å². The molecular weight excluding hydrogens is 460 g/mol. The average Bonchev–Trinajstić information content (AvgIpc) is 3.01. The fourth-order valence-corrected chi connectivity index (χ4v) is 7.21. The van der Waals surface area contributed by atoms with Gasteiger partial charge in [0.15, 0.2) is 0 Å². The number of anilines is 2. The lowest BCUT2D eigenvalue weighted by atomic mass is 9.95. The molecule has 31 heavy (non-hydrogen) atoms. The minimum Gasteiger partial charge on any atom is -0.462 e. The predicted octanol–water partition coefficient (Wildman–Crippen LogP) is 3.59. The third kappa shape index (κ3) is 5.04. The number of rotatable bonds is 7. The Morgan fingerprint density at radius 1 is 1.10 bits per heavy atom. The molecule has 8 nitrogen and oxygen atoms in total. The van der Waals surface area contributed by atoms with E-state index in [0.717, 1.165) is 36.0 Å². The number of esters is 1. The van der Waals surface area contributed by atoms with Crippen LogP contribution in [0.25, 0.3) is 0 Å². The zero-order valence-electron chi connectivity index (χ0n) is 17.9. The highest BCUT2D eigenvalue weighted by Gasteiger charge is 2.30. The maximum Gasteiger partial charge on any atom is 0.341 e. The van der Waals surface area contributed by atoms with Crippen molar-refractivity contribution in [1.29, 1.82) is 0 Å². The number of fused-ring (bicyclic) bond motifs is 1. The molecule has 11 heteroatoms. The molecule has 1 aliphatic rings. The van der Waals surface area contributed by atoms with Crippen LogP contribution in [-0.2, 0) is 37.6 Å². The third-order valence-electron chi connectivity index (χ3n) is 5.08. The number of carbonyl (C=O) groups is 1. The largest absolute Gasteiger partial charge is 0.462 e. The van der Waals surface area contributed by atoms with E-state index in [-0.39, 0.29) is 33.3 Å². The van der Waals surface area contributed by atoms with Crippen LogP contribution >= 0.6 is 11.3 Å². The van der Waals surface area contributed by atoms with Crippen LogP contribution in [0.5, 0.6) is 0 Å². The van der Waals surface area contributed by atoms with Crippen LogP contribution in [-0.4, -0.2) is 35.7 Å². The van der Waals surface area contributed by atoms with Gasteiger partial charge in [-0.15, -0.1) is 11.3 Å². The second kappa shape index (κ2) is 8.79. The van der Waals surface area contributed by atoms with Crippen molar-refractivity contribution in [2.24, 2.45) is 0 Å². The number of hydrogen-bond donors (Lipinski definition) is 2. The van der Waals surface area contributed by atoms with Crippen molar-refractivity contribution in [3.63, 3.8) is 0 Å². The van der Waals surface area contributed by atoms with Gasteiger partial charge in [0.25, 0.3) is 10.0 Å². The Kier molecular flexibility index (Phi) is 6.68. The smallest absolute Gasteiger partial charge is 0.341 e. The summed E-state index contributed by atoms with van der Waals surface area (Å²) in [6.45, 7) is 5.12. The predicted molar refractivity (Wildman–Crippen MR) is 122 cm³/mol. The topological polar surface area (TPSA) is 119 Å². The van der Waals surface area contributed by atoms with E-state index in [0.29, 0.717) is 12.0 Å². The normalized spacial score (nSPS) is 14.1. The van der Waals surface area contributed by atoms with E-state index in [9.17, 15) is 21.6 Å². The monoisotopic (exact) mass is 486 g/mol. The summed E-state index contributed by atoms with van der Waals surface area (Å²) >= 11 is 1.26. The minimum atomic E-state index is -4.09. The highest BCUT2D eigenvalue weighted by Crippen LogP contribution is 2.40. The summed E-state index contributed by atoms with van der Waals surface area (Å²) in [6.07, 6.45) is 4.42. The van der Waals surface area contributed by atoms with Crippen molar-refractivity contribution < 1.29 is 26.4 Å². The summed E-state index contributed by atoms with van der Waals surface area (Å²) in [4.78, 5) is 13.5. The van der Waals surface area contributed by atoms with E-state index in [4.69, 9.17) is 4.74 Å². The van der Waals surface area contributed by atoms with Crippen molar-refractivity contribution in [3.05, 3.63) is 39.3 Å². The quantitative estimate of drug-likeness (QED) is 0.577. The molecule has 170 valence electrons. The number of ether oxygens (including phenoxy) is 1. The van der Waals surface area contributed by atoms with Crippen molar-refractivity contribution in [1.82, 2.24) is 0 Å². The first-order chi connectivity index (χ1) is 14.4. The maximum atomic E-state index is 13.3. The third-order valence-corrected chi connectivity index (χ3v) is 8.48. The molecule has 1 aliphatic carbocycles. The van der Waals surface area contributed by atoms with E-state index in [1.807, 2.05) is 0 Å². The van der Waals surface area contributed by atoms with Gasteiger partial charge in [-0.1, -0.05) is 6.07 Å². The Balaban J connectivity index is 2.07. The molecule has 0 unspecified atom stereocenters. The molecule has 0 aliphatic heterocycles.